The number of hydrogen-bond donors (Lipinski definition) is 0. The molecule has 0 aromatic rings. The highest BCUT2D eigenvalue weighted by Crippen LogP contribution is 2.28. The van der Waals surface area contributed by atoms with E-state index in [1.807, 2.05) is 0 Å². The lowest BCUT2D eigenvalue weighted by molar-refractivity contribution is -0.119. The smallest absolute Gasteiger partial charge is 0.169 e. The summed E-state index contributed by atoms with van der Waals surface area (Å²) in [7, 11) is 5.59. The standard InChI is InChI=1S/C13H27NO2/c1-5-11-6-8-12(9-7-11)14(2)10-13(15-3)16-4/h11-13H,5-10H2,1-4H3. The molecule has 0 unspecified atom stereocenters. The lowest BCUT2D eigenvalue weighted by atomic mass is 9.84. The number of nitrogens with zero attached hydrogens (tertiary/aromatic N) is 1. The SMILES string of the molecule is CCC1CCC(N(C)CC(OC)OC)CC1. The van der Waals surface area contributed by atoms with E-state index in [4.69, 9.17) is 9.47 Å². The van der Waals surface area contributed by atoms with Gasteiger partial charge in [-0.1, -0.05) is 13.3 Å². The van der Waals surface area contributed by atoms with Crippen LogP contribution in [0, 0.1) is 5.92 Å². The first-order chi connectivity index (χ1) is 7.71. The van der Waals surface area contributed by atoms with E-state index in [0.29, 0.717) is 0 Å². The van der Waals surface area contributed by atoms with Gasteiger partial charge < -0.3 is 9.47 Å². The van der Waals surface area contributed by atoms with Crippen LogP contribution in [0.3, 0.4) is 0 Å². The third-order valence-corrected chi connectivity index (χ3v) is 3.98. The number of methoxy groups -OCH3 is 2. The van der Waals surface area contributed by atoms with Crippen molar-refractivity contribution in [2.24, 2.45) is 5.92 Å². The first kappa shape index (κ1) is 13.9. The molecule has 0 aliphatic heterocycles. The Labute approximate surface area is 100 Å². The second-order valence-electron chi connectivity index (χ2n) is 4.92. The number of ether oxygens (including phenoxy) is 2. The van der Waals surface area contributed by atoms with Crippen LogP contribution in [0.15, 0.2) is 0 Å². The largest absolute Gasteiger partial charge is 0.355 e. The van der Waals surface area contributed by atoms with Crippen molar-refractivity contribution in [2.45, 2.75) is 51.4 Å². The molecule has 1 rings (SSSR count). The summed E-state index contributed by atoms with van der Waals surface area (Å²) in [6.07, 6.45) is 6.68. The van der Waals surface area contributed by atoms with Gasteiger partial charge in [0.25, 0.3) is 0 Å². The van der Waals surface area contributed by atoms with Crippen LogP contribution in [0.4, 0.5) is 0 Å². The molecule has 1 aliphatic carbocycles. The average Bonchev–Trinajstić information content (AvgIpc) is 2.35. The van der Waals surface area contributed by atoms with Crippen molar-refractivity contribution in [3.05, 3.63) is 0 Å². The molecule has 3 heteroatoms. The minimum Gasteiger partial charge on any atom is -0.355 e. The Hall–Kier alpha value is -0.120. The van der Waals surface area contributed by atoms with Crippen LogP contribution in [0.5, 0.6) is 0 Å². The fraction of sp³-hybridized carbons (Fsp3) is 1.00. The van der Waals surface area contributed by atoms with Crippen molar-refractivity contribution in [2.75, 3.05) is 27.8 Å². The van der Waals surface area contributed by atoms with E-state index < -0.39 is 0 Å². The van der Waals surface area contributed by atoms with Gasteiger partial charge >= 0.3 is 0 Å². The van der Waals surface area contributed by atoms with Crippen molar-refractivity contribution in [3.63, 3.8) is 0 Å². The van der Waals surface area contributed by atoms with E-state index >= 15 is 0 Å². The van der Waals surface area contributed by atoms with Crippen molar-refractivity contribution < 1.29 is 9.47 Å². The van der Waals surface area contributed by atoms with Crippen LogP contribution < -0.4 is 0 Å². The summed E-state index contributed by atoms with van der Waals surface area (Å²) in [5.74, 6) is 0.963. The molecule has 3 nitrogen and oxygen atoms in total. The number of rotatable bonds is 6. The zero-order chi connectivity index (χ0) is 12.0. The third-order valence-electron chi connectivity index (χ3n) is 3.98. The van der Waals surface area contributed by atoms with Gasteiger partial charge in [-0.3, -0.25) is 4.90 Å². The zero-order valence-corrected chi connectivity index (χ0v) is 11.2. The molecule has 0 aromatic heterocycles. The van der Waals surface area contributed by atoms with Crippen LogP contribution >= 0.6 is 0 Å². The quantitative estimate of drug-likeness (QED) is 0.653. The summed E-state index contributed by atoms with van der Waals surface area (Å²) in [4.78, 5) is 2.39. The lowest BCUT2D eigenvalue weighted by Gasteiger charge is -2.35. The summed E-state index contributed by atoms with van der Waals surface area (Å²) >= 11 is 0. The molecule has 0 spiro atoms. The Balaban J connectivity index is 2.29. The van der Waals surface area contributed by atoms with Gasteiger partial charge in [-0.25, -0.2) is 0 Å². The van der Waals surface area contributed by atoms with E-state index in [9.17, 15) is 0 Å². The van der Waals surface area contributed by atoms with Crippen molar-refractivity contribution in [1.29, 1.82) is 0 Å². The van der Waals surface area contributed by atoms with Crippen LogP contribution in [0.25, 0.3) is 0 Å². The normalized spacial score (nSPS) is 26.6. The van der Waals surface area contributed by atoms with Gasteiger partial charge in [0.1, 0.15) is 0 Å². The molecule has 0 heterocycles. The van der Waals surface area contributed by atoms with Crippen LogP contribution in [0.1, 0.15) is 39.0 Å². The summed E-state index contributed by atoms with van der Waals surface area (Å²) in [5, 5.41) is 0. The maximum absolute atomic E-state index is 5.24. The first-order valence-corrected chi connectivity index (χ1v) is 6.47. The Bertz CT molecular complexity index is 175. The van der Waals surface area contributed by atoms with Gasteiger partial charge in [-0.05, 0) is 38.6 Å². The van der Waals surface area contributed by atoms with Crippen molar-refractivity contribution in [1.82, 2.24) is 4.90 Å². The Morgan fingerprint density at radius 3 is 2.12 bits per heavy atom. The van der Waals surface area contributed by atoms with Crippen LogP contribution in [0.2, 0.25) is 0 Å². The second-order valence-corrected chi connectivity index (χ2v) is 4.92. The fourth-order valence-corrected chi connectivity index (χ4v) is 2.62. The van der Waals surface area contributed by atoms with Gasteiger partial charge in [-0.15, -0.1) is 0 Å². The van der Waals surface area contributed by atoms with E-state index in [-0.39, 0.29) is 6.29 Å². The topological polar surface area (TPSA) is 21.7 Å². The van der Waals surface area contributed by atoms with E-state index in [1.165, 1.54) is 32.1 Å². The van der Waals surface area contributed by atoms with E-state index in [2.05, 4.69) is 18.9 Å². The predicted octanol–water partition coefficient (Wildman–Crippen LogP) is 2.51. The highest BCUT2D eigenvalue weighted by Gasteiger charge is 2.24. The first-order valence-electron chi connectivity index (χ1n) is 6.47. The van der Waals surface area contributed by atoms with Gasteiger partial charge in [-0.2, -0.15) is 0 Å². The van der Waals surface area contributed by atoms with Crippen LogP contribution in [-0.4, -0.2) is 45.0 Å². The van der Waals surface area contributed by atoms with Gasteiger partial charge in [0.05, 0.1) is 0 Å². The molecule has 16 heavy (non-hydrogen) atoms. The number of likely N-dealkylation sites (N-methyl/N-ethyl adjacent to an activating group) is 1. The summed E-state index contributed by atoms with van der Waals surface area (Å²) < 4.78 is 10.5. The highest BCUT2D eigenvalue weighted by atomic mass is 16.7. The minimum absolute atomic E-state index is 0.0890. The molecular weight excluding hydrogens is 202 g/mol. The molecule has 0 saturated heterocycles. The lowest BCUT2D eigenvalue weighted by Crippen LogP contribution is -2.40. The van der Waals surface area contributed by atoms with Gasteiger partial charge in [0.2, 0.25) is 0 Å². The van der Waals surface area contributed by atoms with Gasteiger partial charge in [0.15, 0.2) is 6.29 Å². The predicted molar refractivity (Wildman–Crippen MR) is 66.5 cm³/mol. The maximum atomic E-state index is 5.24. The Morgan fingerprint density at radius 1 is 1.12 bits per heavy atom. The summed E-state index contributed by atoms with van der Waals surface area (Å²) in [6, 6.07) is 0.718. The molecule has 0 N–H and O–H groups in total. The third kappa shape index (κ3) is 4.04. The fourth-order valence-electron chi connectivity index (χ4n) is 2.62. The molecule has 1 fully saturated rings. The monoisotopic (exact) mass is 229 g/mol. The van der Waals surface area contributed by atoms with E-state index in [1.54, 1.807) is 14.2 Å². The van der Waals surface area contributed by atoms with Gasteiger partial charge in [0, 0.05) is 26.8 Å². The van der Waals surface area contributed by atoms with Crippen molar-refractivity contribution >= 4 is 0 Å². The second kappa shape index (κ2) is 7.25. The van der Waals surface area contributed by atoms with Crippen molar-refractivity contribution in [3.8, 4) is 0 Å². The molecular formula is C13H27NO2. The molecule has 0 radical (unpaired) electrons. The molecule has 1 saturated carbocycles. The summed E-state index contributed by atoms with van der Waals surface area (Å²) in [6.45, 7) is 3.18. The minimum atomic E-state index is -0.0890. The molecule has 0 aromatic carbocycles. The Morgan fingerprint density at radius 2 is 1.69 bits per heavy atom. The molecule has 0 atom stereocenters. The molecule has 0 bridgehead atoms. The Kier molecular flexibility index (Phi) is 6.32. The summed E-state index contributed by atoms with van der Waals surface area (Å²) in [5.41, 5.74) is 0. The van der Waals surface area contributed by atoms with E-state index in [0.717, 1.165) is 18.5 Å². The molecule has 1 aliphatic rings. The molecule has 0 amide bonds. The van der Waals surface area contributed by atoms with Crippen LogP contribution in [-0.2, 0) is 9.47 Å². The maximum Gasteiger partial charge on any atom is 0.169 e. The molecule has 96 valence electrons. The average molecular weight is 229 g/mol. The zero-order valence-electron chi connectivity index (χ0n) is 11.2. The number of hydrogen-bond acceptors (Lipinski definition) is 3. The highest BCUT2D eigenvalue weighted by molar-refractivity contribution is 4.78.